The quantitative estimate of drug-likeness (QED) is 0.651. The Labute approximate surface area is 183 Å². The fourth-order valence-electron chi connectivity index (χ4n) is 4.82. The van der Waals surface area contributed by atoms with Crippen molar-refractivity contribution in [3.63, 3.8) is 0 Å². The molecule has 0 unspecified atom stereocenters. The van der Waals surface area contributed by atoms with E-state index < -0.39 is 0 Å². The molecule has 158 valence electrons. The number of nitrogens with zero attached hydrogens (tertiary/aromatic N) is 2. The Morgan fingerprint density at radius 1 is 0.935 bits per heavy atom. The average Bonchev–Trinajstić information content (AvgIpc) is 3.25. The fourth-order valence-corrected chi connectivity index (χ4v) is 4.82. The van der Waals surface area contributed by atoms with E-state index in [1.54, 1.807) is 12.4 Å². The van der Waals surface area contributed by atoms with E-state index in [1.807, 2.05) is 36.4 Å². The van der Waals surface area contributed by atoms with Crippen molar-refractivity contribution in [2.75, 3.05) is 11.9 Å². The maximum atomic E-state index is 13.2. The van der Waals surface area contributed by atoms with Crippen molar-refractivity contribution in [3.05, 3.63) is 84.2 Å². The molecule has 1 aromatic heterocycles. The first-order valence-electron chi connectivity index (χ1n) is 11.1. The van der Waals surface area contributed by atoms with Gasteiger partial charge in [-0.2, -0.15) is 0 Å². The van der Waals surface area contributed by atoms with Crippen LogP contribution in [0.4, 0.5) is 5.69 Å². The Balaban J connectivity index is 1.23. The fraction of sp³-hybridized carbons (Fsp3) is 0.308. The summed E-state index contributed by atoms with van der Waals surface area (Å²) in [5.74, 6) is 1.50. The molecule has 1 N–H and O–H groups in total. The molecular formula is C26H27N3O2. The molecule has 1 atom stereocenters. The minimum Gasteiger partial charge on any atom is -0.456 e. The lowest BCUT2D eigenvalue weighted by Gasteiger charge is -2.39. The zero-order valence-corrected chi connectivity index (χ0v) is 17.5. The summed E-state index contributed by atoms with van der Waals surface area (Å²) in [6.07, 6.45) is 8.66. The Hall–Kier alpha value is -3.18. The molecule has 0 spiro atoms. The summed E-state index contributed by atoms with van der Waals surface area (Å²) in [6.45, 7) is 0.995. The van der Waals surface area contributed by atoms with Gasteiger partial charge in [-0.05, 0) is 79.8 Å². The number of carbonyl (C=O) groups is 1. The van der Waals surface area contributed by atoms with Gasteiger partial charge in [0.1, 0.15) is 11.5 Å². The minimum absolute atomic E-state index is 0.0700. The van der Waals surface area contributed by atoms with E-state index in [0.717, 1.165) is 44.3 Å². The average molecular weight is 414 g/mol. The third-order valence-corrected chi connectivity index (χ3v) is 6.34. The van der Waals surface area contributed by atoms with Crippen molar-refractivity contribution < 1.29 is 9.53 Å². The molecule has 0 radical (unpaired) electrons. The molecule has 5 heteroatoms. The highest BCUT2D eigenvalue weighted by Gasteiger charge is 2.36. The number of hydrogen-bond donors (Lipinski definition) is 1. The maximum absolute atomic E-state index is 13.2. The number of ether oxygens (including phenoxy) is 1. The van der Waals surface area contributed by atoms with Crippen LogP contribution >= 0.6 is 0 Å². The van der Waals surface area contributed by atoms with Crippen molar-refractivity contribution in [3.8, 4) is 11.5 Å². The van der Waals surface area contributed by atoms with Gasteiger partial charge >= 0.3 is 0 Å². The normalized spacial score (nSPS) is 19.0. The molecule has 5 rings (SSSR count). The predicted octanol–water partition coefficient (Wildman–Crippen LogP) is 4.83. The van der Waals surface area contributed by atoms with Gasteiger partial charge in [-0.15, -0.1) is 0 Å². The molecule has 1 saturated heterocycles. The van der Waals surface area contributed by atoms with Crippen molar-refractivity contribution in [2.24, 2.45) is 0 Å². The van der Waals surface area contributed by atoms with Gasteiger partial charge in [-0.3, -0.25) is 14.7 Å². The van der Waals surface area contributed by atoms with E-state index in [9.17, 15) is 4.79 Å². The van der Waals surface area contributed by atoms with E-state index in [4.69, 9.17) is 4.74 Å². The summed E-state index contributed by atoms with van der Waals surface area (Å²) in [5.41, 5.74) is 3.66. The number of rotatable bonds is 5. The number of piperidine rings is 1. The highest BCUT2D eigenvalue weighted by Crippen LogP contribution is 2.30. The minimum atomic E-state index is -0.0700. The Morgan fingerprint density at radius 2 is 1.71 bits per heavy atom. The summed E-state index contributed by atoms with van der Waals surface area (Å²) in [4.78, 5) is 19.7. The molecule has 1 aliphatic carbocycles. The number of likely N-dealkylation sites (tertiary alicyclic amines) is 1. The molecule has 31 heavy (non-hydrogen) atoms. The summed E-state index contributed by atoms with van der Waals surface area (Å²) >= 11 is 0. The molecule has 1 amide bonds. The lowest BCUT2D eigenvalue weighted by atomic mass is 9.97. The summed E-state index contributed by atoms with van der Waals surface area (Å²) < 4.78 is 5.79. The van der Waals surface area contributed by atoms with E-state index in [0.29, 0.717) is 17.5 Å². The molecule has 3 aromatic rings. The summed E-state index contributed by atoms with van der Waals surface area (Å²) in [6, 6.07) is 20.3. The van der Waals surface area contributed by atoms with E-state index in [1.165, 1.54) is 11.1 Å². The van der Waals surface area contributed by atoms with Crippen LogP contribution in [0.2, 0.25) is 0 Å². The molecule has 2 aromatic carbocycles. The highest BCUT2D eigenvalue weighted by atomic mass is 16.5. The summed E-state index contributed by atoms with van der Waals surface area (Å²) in [7, 11) is 0. The highest BCUT2D eigenvalue weighted by molar-refractivity contribution is 5.95. The van der Waals surface area contributed by atoms with Crippen LogP contribution in [0.1, 0.15) is 30.4 Å². The van der Waals surface area contributed by atoms with Crippen LogP contribution in [0.15, 0.2) is 73.1 Å². The first kappa shape index (κ1) is 19.8. The van der Waals surface area contributed by atoms with Crippen LogP contribution in [0.3, 0.4) is 0 Å². The van der Waals surface area contributed by atoms with Crippen LogP contribution < -0.4 is 10.1 Å². The van der Waals surface area contributed by atoms with Gasteiger partial charge in [0.25, 0.3) is 0 Å². The Bertz CT molecular complexity index is 1010. The first-order valence-corrected chi connectivity index (χ1v) is 11.1. The van der Waals surface area contributed by atoms with Crippen molar-refractivity contribution in [1.82, 2.24) is 9.88 Å². The first-order chi connectivity index (χ1) is 15.3. The molecule has 1 aliphatic heterocycles. The lowest BCUT2D eigenvalue weighted by molar-refractivity contribution is -0.123. The molecule has 0 bridgehead atoms. The molecule has 1 fully saturated rings. The number of fused-ring (bicyclic) bond motifs is 1. The third kappa shape index (κ3) is 4.47. The van der Waals surface area contributed by atoms with Crippen molar-refractivity contribution in [2.45, 2.75) is 44.2 Å². The van der Waals surface area contributed by atoms with E-state index in [2.05, 4.69) is 39.5 Å². The second-order valence-electron chi connectivity index (χ2n) is 8.38. The maximum Gasteiger partial charge on any atom is 0.241 e. The van der Waals surface area contributed by atoms with Crippen LogP contribution in [0.5, 0.6) is 11.5 Å². The van der Waals surface area contributed by atoms with Crippen LogP contribution in [-0.2, 0) is 17.6 Å². The zero-order chi connectivity index (χ0) is 21.0. The van der Waals surface area contributed by atoms with Gasteiger partial charge in [-0.1, -0.05) is 30.7 Å². The van der Waals surface area contributed by atoms with Crippen LogP contribution in [0.25, 0.3) is 0 Å². The number of hydrogen-bond acceptors (Lipinski definition) is 4. The molecule has 0 saturated carbocycles. The van der Waals surface area contributed by atoms with Crippen molar-refractivity contribution in [1.29, 1.82) is 0 Å². The third-order valence-electron chi connectivity index (χ3n) is 6.34. The molecule has 2 heterocycles. The standard InChI is InChI=1S/C26H27N3O2/c30-26(28-21-10-12-23(13-11-21)31-24-8-5-14-27-18-24)25-9-3-4-15-29(25)22-16-19-6-1-2-7-20(19)17-22/h1-2,5-8,10-14,18,22,25H,3-4,9,15-17H2,(H,28,30)/t25-/m1/s1. The Morgan fingerprint density at radius 3 is 2.42 bits per heavy atom. The second kappa shape index (κ2) is 8.90. The van der Waals surface area contributed by atoms with Gasteiger partial charge in [0.2, 0.25) is 5.91 Å². The number of amides is 1. The molecule has 2 aliphatic rings. The monoisotopic (exact) mass is 413 g/mol. The molecule has 5 nitrogen and oxygen atoms in total. The Kier molecular flexibility index (Phi) is 5.67. The SMILES string of the molecule is O=C(Nc1ccc(Oc2cccnc2)cc1)[C@H]1CCCCN1C1Cc2ccccc2C1. The number of nitrogens with one attached hydrogen (secondary N) is 1. The van der Waals surface area contributed by atoms with Gasteiger partial charge in [0.15, 0.2) is 0 Å². The number of anilines is 1. The van der Waals surface area contributed by atoms with Gasteiger partial charge in [0.05, 0.1) is 12.2 Å². The van der Waals surface area contributed by atoms with E-state index in [-0.39, 0.29) is 11.9 Å². The van der Waals surface area contributed by atoms with Crippen molar-refractivity contribution >= 4 is 11.6 Å². The largest absolute Gasteiger partial charge is 0.456 e. The number of aromatic nitrogens is 1. The van der Waals surface area contributed by atoms with Gasteiger partial charge in [0, 0.05) is 17.9 Å². The van der Waals surface area contributed by atoms with Gasteiger partial charge < -0.3 is 10.1 Å². The number of benzene rings is 2. The molecular weight excluding hydrogens is 386 g/mol. The zero-order valence-electron chi connectivity index (χ0n) is 17.5. The number of carbonyl (C=O) groups excluding carboxylic acids is 1. The van der Waals surface area contributed by atoms with Gasteiger partial charge in [-0.25, -0.2) is 0 Å². The van der Waals surface area contributed by atoms with Crippen LogP contribution in [-0.4, -0.2) is 34.4 Å². The van der Waals surface area contributed by atoms with Crippen LogP contribution in [0, 0.1) is 0 Å². The topological polar surface area (TPSA) is 54.5 Å². The second-order valence-corrected chi connectivity index (χ2v) is 8.38. The predicted molar refractivity (Wildman–Crippen MR) is 121 cm³/mol. The number of pyridine rings is 1. The smallest absolute Gasteiger partial charge is 0.241 e. The lowest BCUT2D eigenvalue weighted by Crippen LogP contribution is -2.52. The summed E-state index contributed by atoms with van der Waals surface area (Å²) in [5, 5.41) is 3.13. The van der Waals surface area contributed by atoms with E-state index >= 15 is 0 Å².